The van der Waals surface area contributed by atoms with Gasteiger partial charge >= 0.3 is 6.18 Å². The number of nitrogens with zero attached hydrogens (tertiary/aromatic N) is 2. The topological polar surface area (TPSA) is 69.7 Å². The van der Waals surface area contributed by atoms with Gasteiger partial charge in [0.2, 0.25) is 5.91 Å². The van der Waals surface area contributed by atoms with Gasteiger partial charge < -0.3 is 5.32 Å². The minimum Gasteiger partial charge on any atom is -0.325 e. The second-order valence-electron chi connectivity index (χ2n) is 6.97. The molecule has 0 aliphatic carbocycles. The molecule has 0 unspecified atom stereocenters. The molecule has 0 aromatic heterocycles. The SMILES string of the molecule is CN1C(=O)/C(=C2/C(=O)N(CC(=O)Nc3cccc(C(F)(F)F)c3)c3ccccc32)SC1=S. The van der Waals surface area contributed by atoms with Crippen molar-refractivity contribution < 1.29 is 27.6 Å². The lowest BCUT2D eigenvalue weighted by molar-refractivity contribution is -0.137. The van der Waals surface area contributed by atoms with E-state index in [9.17, 15) is 27.6 Å². The molecule has 2 aromatic carbocycles. The zero-order chi connectivity index (χ0) is 23.2. The third-order valence-corrected chi connectivity index (χ3v) is 6.44. The average molecular weight is 477 g/mol. The molecule has 0 radical (unpaired) electrons. The highest BCUT2D eigenvalue weighted by molar-refractivity contribution is 8.26. The molecule has 164 valence electrons. The van der Waals surface area contributed by atoms with Gasteiger partial charge in [-0.25, -0.2) is 0 Å². The van der Waals surface area contributed by atoms with E-state index >= 15 is 0 Å². The van der Waals surface area contributed by atoms with E-state index < -0.39 is 36.0 Å². The molecule has 4 rings (SSSR count). The average Bonchev–Trinajstić information content (AvgIpc) is 3.15. The summed E-state index contributed by atoms with van der Waals surface area (Å²) in [7, 11) is 1.51. The lowest BCUT2D eigenvalue weighted by Gasteiger charge is -2.17. The zero-order valence-corrected chi connectivity index (χ0v) is 18.0. The molecule has 3 amide bonds. The summed E-state index contributed by atoms with van der Waals surface area (Å²) in [6.07, 6.45) is -4.55. The summed E-state index contributed by atoms with van der Waals surface area (Å²) in [6.45, 7) is -0.442. The highest BCUT2D eigenvalue weighted by Crippen LogP contribution is 2.44. The second kappa shape index (κ2) is 8.06. The number of thioether (sulfide) groups is 1. The summed E-state index contributed by atoms with van der Waals surface area (Å²) in [5.74, 6) is -1.65. The Kier molecular flexibility index (Phi) is 5.55. The van der Waals surface area contributed by atoms with Gasteiger partial charge in [0.05, 0.1) is 21.7 Å². The van der Waals surface area contributed by atoms with Gasteiger partial charge in [-0.3, -0.25) is 24.2 Å². The molecular weight excluding hydrogens is 463 g/mol. The van der Waals surface area contributed by atoms with Crippen molar-refractivity contribution in [2.45, 2.75) is 6.18 Å². The maximum absolute atomic E-state index is 13.2. The van der Waals surface area contributed by atoms with E-state index in [4.69, 9.17) is 12.2 Å². The van der Waals surface area contributed by atoms with Crippen LogP contribution < -0.4 is 10.2 Å². The van der Waals surface area contributed by atoms with Gasteiger partial charge in [0.15, 0.2) is 0 Å². The number of rotatable bonds is 3. The molecular formula is C21H14F3N3O3S2. The fourth-order valence-electron chi connectivity index (χ4n) is 3.37. The molecule has 0 atom stereocenters. The molecule has 1 fully saturated rings. The van der Waals surface area contributed by atoms with Crippen LogP contribution in [0.2, 0.25) is 0 Å². The van der Waals surface area contributed by atoms with Crippen molar-refractivity contribution in [2.75, 3.05) is 23.8 Å². The first-order chi connectivity index (χ1) is 15.1. The number of fused-ring (bicyclic) bond motifs is 1. The number of anilines is 2. The maximum atomic E-state index is 13.2. The van der Waals surface area contributed by atoms with Gasteiger partial charge in [-0.05, 0) is 24.3 Å². The van der Waals surface area contributed by atoms with Crippen molar-refractivity contribution >= 4 is 63.0 Å². The third-order valence-electron chi connectivity index (χ3n) is 4.89. The molecule has 1 N–H and O–H groups in total. The normalized spacial score (nSPS) is 18.4. The van der Waals surface area contributed by atoms with E-state index in [1.807, 2.05) is 0 Å². The van der Waals surface area contributed by atoms with Crippen molar-refractivity contribution in [3.05, 3.63) is 64.6 Å². The lowest BCUT2D eigenvalue weighted by Crippen LogP contribution is -2.35. The molecule has 1 saturated heterocycles. The third kappa shape index (κ3) is 3.89. The first kappa shape index (κ1) is 22.0. The Morgan fingerprint density at radius 2 is 1.81 bits per heavy atom. The van der Waals surface area contributed by atoms with E-state index in [1.54, 1.807) is 24.3 Å². The van der Waals surface area contributed by atoms with Crippen LogP contribution in [-0.4, -0.2) is 40.5 Å². The summed E-state index contributed by atoms with van der Waals surface area (Å²) in [5, 5.41) is 2.39. The number of carbonyl (C=O) groups is 3. The number of benzene rings is 2. The standard InChI is InChI=1S/C21H14F3N3O3S2/c1-26-19(30)17(32-20(26)31)16-13-7-2-3-8-14(13)27(18(16)29)10-15(28)25-12-6-4-5-11(9-12)21(22,23)24/h2-9H,10H2,1H3,(H,25,28)/b17-16-. The molecule has 0 bridgehead atoms. The van der Waals surface area contributed by atoms with Gasteiger partial charge in [-0.1, -0.05) is 48.2 Å². The minimum atomic E-state index is -4.55. The number of nitrogens with one attached hydrogen (secondary N) is 1. The highest BCUT2D eigenvalue weighted by Gasteiger charge is 2.41. The van der Waals surface area contributed by atoms with Crippen LogP contribution in [0.5, 0.6) is 0 Å². The number of para-hydroxylation sites is 1. The molecule has 6 nitrogen and oxygen atoms in total. The number of hydrogen-bond donors (Lipinski definition) is 1. The van der Waals surface area contributed by atoms with Gasteiger partial charge in [-0.2, -0.15) is 13.2 Å². The summed E-state index contributed by atoms with van der Waals surface area (Å²) in [4.78, 5) is 41.0. The number of thiocarbonyl (C=S) groups is 1. The van der Waals surface area contributed by atoms with Crippen LogP contribution in [-0.2, 0) is 20.6 Å². The van der Waals surface area contributed by atoms with Crippen molar-refractivity contribution in [2.24, 2.45) is 0 Å². The number of halogens is 3. The molecule has 2 aliphatic rings. The van der Waals surface area contributed by atoms with Crippen LogP contribution in [0.3, 0.4) is 0 Å². The molecule has 2 heterocycles. The van der Waals surface area contributed by atoms with Crippen LogP contribution in [0.4, 0.5) is 24.5 Å². The quantitative estimate of drug-likeness (QED) is 0.537. The Hall–Kier alpha value is -3.18. The number of carbonyl (C=O) groups excluding carboxylic acids is 3. The fourth-order valence-corrected chi connectivity index (χ4v) is 4.62. The maximum Gasteiger partial charge on any atom is 0.416 e. The number of alkyl halides is 3. The first-order valence-electron chi connectivity index (χ1n) is 9.20. The van der Waals surface area contributed by atoms with E-state index in [0.29, 0.717) is 15.6 Å². The van der Waals surface area contributed by atoms with E-state index in [-0.39, 0.29) is 16.2 Å². The molecule has 2 aromatic rings. The second-order valence-corrected chi connectivity index (χ2v) is 8.62. The number of amides is 3. The Balaban J connectivity index is 1.62. The van der Waals surface area contributed by atoms with E-state index in [0.717, 1.165) is 23.9 Å². The monoisotopic (exact) mass is 477 g/mol. The minimum absolute atomic E-state index is 0.0446. The smallest absolute Gasteiger partial charge is 0.325 e. The molecule has 0 saturated carbocycles. The van der Waals surface area contributed by atoms with Gasteiger partial charge in [0.1, 0.15) is 10.9 Å². The Morgan fingerprint density at radius 3 is 2.47 bits per heavy atom. The van der Waals surface area contributed by atoms with Gasteiger partial charge in [0, 0.05) is 18.3 Å². The van der Waals surface area contributed by atoms with E-state index in [2.05, 4.69) is 5.32 Å². The largest absolute Gasteiger partial charge is 0.416 e. The highest BCUT2D eigenvalue weighted by atomic mass is 32.2. The number of hydrogen-bond acceptors (Lipinski definition) is 5. The molecule has 32 heavy (non-hydrogen) atoms. The zero-order valence-electron chi connectivity index (χ0n) is 16.4. The van der Waals surface area contributed by atoms with Crippen molar-refractivity contribution in [1.29, 1.82) is 0 Å². The lowest BCUT2D eigenvalue weighted by atomic mass is 10.1. The summed E-state index contributed by atoms with van der Waals surface area (Å²) in [6, 6.07) is 10.9. The number of likely N-dealkylation sites (N-methyl/N-ethyl adjacent to an activating group) is 1. The summed E-state index contributed by atoms with van der Waals surface area (Å²) >= 11 is 6.15. The Bertz CT molecular complexity index is 1210. The summed E-state index contributed by atoms with van der Waals surface area (Å²) < 4.78 is 39.1. The van der Waals surface area contributed by atoms with Gasteiger partial charge in [0.25, 0.3) is 11.8 Å². The summed E-state index contributed by atoms with van der Waals surface area (Å²) in [5.41, 5.74) is 0.110. The fraction of sp³-hybridized carbons (Fsp3) is 0.143. The van der Waals surface area contributed by atoms with Crippen LogP contribution in [0.1, 0.15) is 11.1 Å². The van der Waals surface area contributed by atoms with Crippen molar-refractivity contribution in [1.82, 2.24) is 4.90 Å². The van der Waals surface area contributed by atoms with Crippen molar-refractivity contribution in [3.63, 3.8) is 0 Å². The predicted molar refractivity (Wildman–Crippen MR) is 119 cm³/mol. The van der Waals surface area contributed by atoms with Crippen LogP contribution in [0.25, 0.3) is 5.57 Å². The van der Waals surface area contributed by atoms with Crippen LogP contribution >= 0.6 is 24.0 Å². The Labute approximate surface area is 190 Å². The first-order valence-corrected chi connectivity index (χ1v) is 10.4. The van der Waals surface area contributed by atoms with E-state index in [1.165, 1.54) is 29.0 Å². The molecule has 2 aliphatic heterocycles. The van der Waals surface area contributed by atoms with Gasteiger partial charge in [-0.15, -0.1) is 0 Å². The molecule has 11 heteroatoms. The van der Waals surface area contributed by atoms with Crippen LogP contribution in [0.15, 0.2) is 53.4 Å². The van der Waals surface area contributed by atoms with Crippen molar-refractivity contribution in [3.8, 4) is 0 Å². The molecule has 0 spiro atoms. The predicted octanol–water partition coefficient (Wildman–Crippen LogP) is 3.89. The van der Waals surface area contributed by atoms with Crippen LogP contribution in [0, 0.1) is 0 Å². The Morgan fingerprint density at radius 1 is 1.09 bits per heavy atom.